The molecule has 1 amide bonds. The van der Waals surface area contributed by atoms with Gasteiger partial charge in [-0.25, -0.2) is 4.98 Å². The maximum Gasteiger partial charge on any atom is 0.420 e. The molecule has 0 radical (unpaired) electrons. The number of nitrogen functional groups attached to an aromatic ring is 1. The van der Waals surface area contributed by atoms with Crippen molar-refractivity contribution < 1.29 is 33.0 Å². The van der Waals surface area contributed by atoms with Crippen LogP contribution in [0.2, 0.25) is 0 Å². The molecule has 37 heavy (non-hydrogen) atoms. The highest BCUT2D eigenvalue weighted by atomic mass is 19.4. The molecule has 13 heteroatoms. The fourth-order valence-electron chi connectivity index (χ4n) is 5.68. The monoisotopic (exact) mass is 518 g/mol. The Hall–Kier alpha value is -3.58. The minimum Gasteiger partial charge on any atom is -0.387 e. The molecule has 2 fully saturated rings. The van der Waals surface area contributed by atoms with Crippen LogP contribution >= 0.6 is 0 Å². The third kappa shape index (κ3) is 4.21. The summed E-state index contributed by atoms with van der Waals surface area (Å²) in [6, 6.07) is 2.30. The number of amides is 1. The van der Waals surface area contributed by atoms with E-state index >= 15 is 0 Å². The molecule has 0 aliphatic carbocycles. The Balaban J connectivity index is 1.56. The van der Waals surface area contributed by atoms with E-state index in [4.69, 9.17) is 10.7 Å². The number of nitrogens with zero attached hydrogens (tertiary/aromatic N) is 5. The number of carbonyl (C=O) groups is 2. The lowest BCUT2D eigenvalue weighted by Crippen LogP contribution is -2.47. The van der Waals surface area contributed by atoms with Crippen LogP contribution in [0.4, 0.5) is 19.0 Å². The lowest BCUT2D eigenvalue weighted by molar-refractivity contribution is -0.207. The number of Topliss-reactive ketones (excluding diaryl/α,β-unsaturated/α-hetero) is 1. The number of nitrogens with two attached hydrogens (primary N) is 1. The van der Waals surface area contributed by atoms with E-state index < -0.39 is 24.6 Å². The standard InChI is InChI=1S/C24H25F3N6O4/c1-11(35)19-20(13-6-14-3-4-15(7-13)32(14)18(36)10-34)31-23-16(9-30-33(23)22(19)28)12-2-5-17(29-8-12)21(37)24(25,26)27/h2,5,8-9,13-15,21,34,37H,3-4,6-7,10,28H2,1H3/t13-,14+,15-,21?. The quantitative estimate of drug-likeness (QED) is 0.437. The molecular weight excluding hydrogens is 493 g/mol. The molecule has 2 aliphatic rings. The van der Waals surface area contributed by atoms with Gasteiger partial charge in [0.2, 0.25) is 5.91 Å². The van der Waals surface area contributed by atoms with Crippen LogP contribution in [0.15, 0.2) is 24.5 Å². The number of hydrogen-bond acceptors (Lipinski definition) is 8. The first-order valence-corrected chi connectivity index (χ1v) is 11.8. The lowest BCUT2D eigenvalue weighted by Gasteiger charge is -2.39. The van der Waals surface area contributed by atoms with E-state index in [0.717, 1.165) is 18.9 Å². The van der Waals surface area contributed by atoms with Crippen LogP contribution in [0.3, 0.4) is 0 Å². The molecule has 5 heterocycles. The number of anilines is 1. The maximum atomic E-state index is 12.8. The number of pyridine rings is 1. The normalized spacial score (nSPS) is 22.4. The van der Waals surface area contributed by atoms with Gasteiger partial charge in [-0.05, 0) is 38.7 Å². The Morgan fingerprint density at radius 2 is 1.86 bits per heavy atom. The van der Waals surface area contributed by atoms with Crippen molar-refractivity contribution in [3.8, 4) is 11.1 Å². The smallest absolute Gasteiger partial charge is 0.387 e. The number of carbonyl (C=O) groups excluding carboxylic acids is 2. The molecular formula is C24H25F3N6O4. The molecule has 0 spiro atoms. The number of halogens is 3. The van der Waals surface area contributed by atoms with Gasteiger partial charge < -0.3 is 20.8 Å². The van der Waals surface area contributed by atoms with Crippen LogP contribution < -0.4 is 5.73 Å². The first kappa shape index (κ1) is 25.1. The summed E-state index contributed by atoms with van der Waals surface area (Å²) in [6.45, 7) is 0.834. The third-order valence-corrected chi connectivity index (χ3v) is 7.29. The highest BCUT2D eigenvalue weighted by molar-refractivity contribution is 6.00. The van der Waals surface area contributed by atoms with Gasteiger partial charge in [0, 0.05) is 35.3 Å². The lowest BCUT2D eigenvalue weighted by atomic mass is 9.85. The number of aliphatic hydroxyl groups excluding tert-OH is 2. The first-order valence-electron chi connectivity index (χ1n) is 11.8. The van der Waals surface area contributed by atoms with Crippen molar-refractivity contribution in [1.82, 2.24) is 24.5 Å². The van der Waals surface area contributed by atoms with Gasteiger partial charge >= 0.3 is 6.18 Å². The summed E-state index contributed by atoms with van der Waals surface area (Å²) in [7, 11) is 0. The van der Waals surface area contributed by atoms with Crippen molar-refractivity contribution in [2.75, 3.05) is 12.3 Å². The van der Waals surface area contributed by atoms with Crippen LogP contribution in [-0.4, -0.2) is 71.3 Å². The van der Waals surface area contributed by atoms with Crippen molar-refractivity contribution in [3.63, 3.8) is 0 Å². The summed E-state index contributed by atoms with van der Waals surface area (Å²) in [5, 5.41) is 23.1. The van der Waals surface area contributed by atoms with E-state index in [2.05, 4.69) is 10.1 Å². The van der Waals surface area contributed by atoms with E-state index in [1.165, 1.54) is 29.9 Å². The second-order valence-electron chi connectivity index (χ2n) is 9.54. The Bertz CT molecular complexity index is 1360. The molecule has 1 unspecified atom stereocenters. The van der Waals surface area contributed by atoms with E-state index in [1.54, 1.807) is 4.90 Å². The molecule has 2 bridgehead atoms. The topological polar surface area (TPSA) is 147 Å². The van der Waals surface area contributed by atoms with E-state index in [9.17, 15) is 33.0 Å². The van der Waals surface area contributed by atoms with Gasteiger partial charge in [-0.2, -0.15) is 22.8 Å². The zero-order chi connectivity index (χ0) is 26.6. The SMILES string of the molecule is CC(=O)c1c([C@H]2C[C@H]3CC[C@@H](C2)N3C(=O)CO)nc2c(-c3ccc(C(O)C(F)(F)F)nc3)cnn2c1N. The maximum absolute atomic E-state index is 12.8. The van der Waals surface area contributed by atoms with E-state index in [1.807, 2.05) is 0 Å². The van der Waals surface area contributed by atoms with E-state index in [-0.39, 0.29) is 41.1 Å². The average molecular weight is 518 g/mol. The summed E-state index contributed by atoms with van der Waals surface area (Å²) >= 11 is 0. The third-order valence-electron chi connectivity index (χ3n) is 7.29. The summed E-state index contributed by atoms with van der Waals surface area (Å²) in [6.07, 6.45) is -2.22. The van der Waals surface area contributed by atoms with Gasteiger partial charge in [-0.15, -0.1) is 0 Å². The summed E-state index contributed by atoms with van der Waals surface area (Å²) in [5.41, 5.74) is 7.74. The number of rotatable bonds is 5. The van der Waals surface area contributed by atoms with Crippen molar-refractivity contribution in [1.29, 1.82) is 0 Å². The molecule has 2 aliphatic heterocycles. The Labute approximate surface area is 208 Å². The molecule has 196 valence electrons. The number of aliphatic hydroxyl groups is 2. The fraction of sp³-hybridized carbons (Fsp3) is 0.458. The van der Waals surface area contributed by atoms with Gasteiger partial charge in [-0.3, -0.25) is 14.6 Å². The zero-order valence-electron chi connectivity index (χ0n) is 19.8. The first-order chi connectivity index (χ1) is 17.5. The number of alkyl halides is 3. The van der Waals surface area contributed by atoms with Gasteiger partial charge in [0.25, 0.3) is 0 Å². The van der Waals surface area contributed by atoms with Gasteiger partial charge in [0.05, 0.1) is 23.1 Å². The predicted octanol–water partition coefficient (Wildman–Crippen LogP) is 2.40. The Kier molecular flexibility index (Phi) is 6.15. The molecule has 10 nitrogen and oxygen atoms in total. The predicted molar refractivity (Wildman–Crippen MR) is 124 cm³/mol. The minimum absolute atomic E-state index is 0.0800. The number of piperidine rings is 1. The van der Waals surface area contributed by atoms with Crippen LogP contribution in [0, 0.1) is 0 Å². The molecule has 0 aromatic carbocycles. The van der Waals surface area contributed by atoms with Crippen LogP contribution in [0.1, 0.15) is 66.4 Å². The summed E-state index contributed by atoms with van der Waals surface area (Å²) in [4.78, 5) is 35.2. The second kappa shape index (κ2) is 9.06. The number of hydrogen-bond donors (Lipinski definition) is 3. The van der Waals surface area contributed by atoms with E-state index in [0.29, 0.717) is 35.3 Å². The highest BCUT2D eigenvalue weighted by Gasteiger charge is 2.45. The number of ketones is 1. The number of fused-ring (bicyclic) bond motifs is 3. The van der Waals surface area contributed by atoms with Gasteiger partial charge in [-0.1, -0.05) is 6.07 Å². The van der Waals surface area contributed by atoms with Crippen LogP contribution in [0.5, 0.6) is 0 Å². The van der Waals surface area contributed by atoms with Gasteiger partial charge in [0.1, 0.15) is 12.4 Å². The van der Waals surface area contributed by atoms with Gasteiger partial charge in [0.15, 0.2) is 17.5 Å². The van der Waals surface area contributed by atoms with Crippen molar-refractivity contribution in [2.45, 2.75) is 62.9 Å². The molecule has 4 N–H and O–H groups in total. The Morgan fingerprint density at radius 1 is 1.19 bits per heavy atom. The van der Waals surface area contributed by atoms with Crippen LogP contribution in [0.25, 0.3) is 16.8 Å². The van der Waals surface area contributed by atoms with Crippen molar-refractivity contribution >= 4 is 23.2 Å². The average Bonchev–Trinajstić information content (AvgIpc) is 3.40. The Morgan fingerprint density at radius 3 is 2.41 bits per heavy atom. The van der Waals surface area contributed by atoms with Crippen LogP contribution in [-0.2, 0) is 4.79 Å². The molecule has 0 saturated carbocycles. The molecule has 3 aromatic rings. The molecule has 2 saturated heterocycles. The minimum atomic E-state index is -4.84. The largest absolute Gasteiger partial charge is 0.420 e. The van der Waals surface area contributed by atoms with Crippen molar-refractivity contribution in [3.05, 3.63) is 41.5 Å². The highest BCUT2D eigenvalue weighted by Crippen LogP contribution is 2.44. The van der Waals surface area contributed by atoms with Crippen molar-refractivity contribution in [2.24, 2.45) is 0 Å². The molecule has 4 atom stereocenters. The second-order valence-corrected chi connectivity index (χ2v) is 9.54. The molecule has 3 aromatic heterocycles. The number of aromatic nitrogens is 4. The fourth-order valence-corrected chi connectivity index (χ4v) is 5.68. The summed E-state index contributed by atoms with van der Waals surface area (Å²) < 4.78 is 39.8. The molecule has 5 rings (SSSR count). The summed E-state index contributed by atoms with van der Waals surface area (Å²) in [5.74, 6) is -0.675. The zero-order valence-corrected chi connectivity index (χ0v) is 19.8.